The molecule has 29 heavy (non-hydrogen) atoms. The number of hydrogen-bond donors (Lipinski definition) is 1. The van der Waals surface area contributed by atoms with Crippen molar-refractivity contribution in [2.24, 2.45) is 0 Å². The van der Waals surface area contributed by atoms with Crippen molar-refractivity contribution in [2.45, 2.75) is 24.8 Å². The monoisotopic (exact) mass is 423 g/mol. The molecule has 0 atom stereocenters. The lowest BCUT2D eigenvalue weighted by atomic mass is 10.2. The Morgan fingerprint density at radius 1 is 1.10 bits per heavy atom. The van der Waals surface area contributed by atoms with Crippen LogP contribution in [0.4, 0.5) is 5.13 Å². The summed E-state index contributed by atoms with van der Waals surface area (Å²) in [6.07, 6.45) is 3.41. The third kappa shape index (κ3) is 4.87. The summed E-state index contributed by atoms with van der Waals surface area (Å²) in [6, 6.07) is 9.12. The molecule has 7 nitrogen and oxygen atoms in total. The van der Waals surface area contributed by atoms with E-state index in [2.05, 4.69) is 25.3 Å². The van der Waals surface area contributed by atoms with Crippen molar-refractivity contribution in [3.05, 3.63) is 71.0 Å². The minimum absolute atomic E-state index is 0.239. The Bertz CT molecular complexity index is 1120. The van der Waals surface area contributed by atoms with Crippen molar-refractivity contribution < 1.29 is 9.21 Å². The van der Waals surface area contributed by atoms with Gasteiger partial charge >= 0.3 is 0 Å². The van der Waals surface area contributed by atoms with Crippen LogP contribution in [0.2, 0.25) is 0 Å². The second-order valence-corrected chi connectivity index (χ2v) is 8.02. The highest BCUT2D eigenvalue weighted by Gasteiger charge is 2.14. The quantitative estimate of drug-likeness (QED) is 0.353. The summed E-state index contributed by atoms with van der Waals surface area (Å²) in [4.78, 5) is 29.7. The van der Waals surface area contributed by atoms with Gasteiger partial charge in [-0.3, -0.25) is 15.1 Å². The van der Waals surface area contributed by atoms with Crippen LogP contribution in [0.5, 0.6) is 0 Å². The number of hydrogen-bond acceptors (Lipinski definition) is 8. The van der Waals surface area contributed by atoms with Gasteiger partial charge in [-0.2, -0.15) is 0 Å². The van der Waals surface area contributed by atoms with Gasteiger partial charge in [-0.1, -0.05) is 11.8 Å². The number of thiazole rings is 1. The summed E-state index contributed by atoms with van der Waals surface area (Å²) in [7, 11) is 0. The standard InChI is InChI=1S/C20H17N5O2S2/c1-12-9-13(2)23-19(22-12)28-10-15-3-4-17(27-15)18(26)25-20-24-16(11-29-20)14-5-7-21-8-6-14/h3-9,11H,10H2,1-2H3,(H,24,25,26). The largest absolute Gasteiger partial charge is 0.455 e. The number of aromatic nitrogens is 4. The highest BCUT2D eigenvalue weighted by molar-refractivity contribution is 7.98. The summed E-state index contributed by atoms with van der Waals surface area (Å²) in [5.74, 6) is 1.13. The van der Waals surface area contributed by atoms with E-state index in [1.54, 1.807) is 24.5 Å². The first-order valence-corrected chi connectivity index (χ1v) is 10.6. The molecule has 4 heterocycles. The smallest absolute Gasteiger partial charge is 0.293 e. The van der Waals surface area contributed by atoms with E-state index in [-0.39, 0.29) is 11.7 Å². The molecule has 0 saturated carbocycles. The van der Waals surface area contributed by atoms with Crippen LogP contribution < -0.4 is 5.32 Å². The third-order valence-electron chi connectivity index (χ3n) is 3.89. The summed E-state index contributed by atoms with van der Waals surface area (Å²) >= 11 is 2.83. The van der Waals surface area contributed by atoms with Crippen LogP contribution in [0.25, 0.3) is 11.3 Å². The number of pyridine rings is 1. The van der Waals surface area contributed by atoms with Gasteiger partial charge in [0.15, 0.2) is 16.0 Å². The fraction of sp³-hybridized carbons (Fsp3) is 0.150. The van der Waals surface area contributed by atoms with Gasteiger partial charge in [0.1, 0.15) is 5.76 Å². The van der Waals surface area contributed by atoms with Gasteiger partial charge < -0.3 is 4.42 Å². The molecule has 0 fully saturated rings. The van der Waals surface area contributed by atoms with Crippen LogP contribution in [-0.4, -0.2) is 25.8 Å². The van der Waals surface area contributed by atoms with Crippen molar-refractivity contribution >= 4 is 34.1 Å². The fourth-order valence-corrected chi connectivity index (χ4v) is 4.17. The number of carbonyl (C=O) groups excluding carboxylic acids is 1. The zero-order chi connectivity index (χ0) is 20.2. The van der Waals surface area contributed by atoms with Crippen molar-refractivity contribution in [1.82, 2.24) is 19.9 Å². The van der Waals surface area contributed by atoms with Gasteiger partial charge in [-0.05, 0) is 44.2 Å². The van der Waals surface area contributed by atoms with Crippen molar-refractivity contribution in [1.29, 1.82) is 0 Å². The highest BCUT2D eigenvalue weighted by atomic mass is 32.2. The fourth-order valence-electron chi connectivity index (χ4n) is 2.62. The molecule has 0 radical (unpaired) electrons. The first kappa shape index (κ1) is 19.3. The number of carbonyl (C=O) groups is 1. The molecule has 4 aromatic rings. The third-order valence-corrected chi connectivity index (χ3v) is 5.52. The molecular formula is C20H17N5O2S2. The second-order valence-electron chi connectivity index (χ2n) is 6.22. The van der Waals surface area contributed by atoms with Crippen LogP contribution in [0.3, 0.4) is 0 Å². The summed E-state index contributed by atoms with van der Waals surface area (Å²) in [5, 5.41) is 5.87. The molecule has 1 amide bonds. The topological polar surface area (TPSA) is 93.8 Å². The van der Waals surface area contributed by atoms with Gasteiger partial charge in [0.05, 0.1) is 11.4 Å². The van der Waals surface area contributed by atoms with Crippen molar-refractivity contribution in [2.75, 3.05) is 5.32 Å². The zero-order valence-corrected chi connectivity index (χ0v) is 17.4. The SMILES string of the molecule is Cc1cc(C)nc(SCc2ccc(C(=O)Nc3nc(-c4ccncc4)cs3)o2)n1. The Labute approximate surface area is 175 Å². The Morgan fingerprint density at radius 2 is 1.86 bits per heavy atom. The Hall–Kier alpha value is -3.04. The zero-order valence-electron chi connectivity index (χ0n) is 15.7. The van der Waals surface area contributed by atoms with E-state index in [9.17, 15) is 4.79 Å². The molecule has 4 aromatic heterocycles. The van der Waals surface area contributed by atoms with Crippen LogP contribution in [0, 0.1) is 13.8 Å². The van der Waals surface area contributed by atoms with Gasteiger partial charge in [0, 0.05) is 34.7 Å². The van der Waals surface area contributed by atoms with Gasteiger partial charge in [-0.15, -0.1) is 11.3 Å². The molecular weight excluding hydrogens is 406 g/mol. The van der Waals surface area contributed by atoms with Crippen LogP contribution >= 0.6 is 23.1 Å². The molecule has 0 aliphatic carbocycles. The minimum Gasteiger partial charge on any atom is -0.455 e. The van der Waals surface area contributed by atoms with Crippen LogP contribution in [-0.2, 0) is 5.75 Å². The second kappa shape index (κ2) is 8.54. The lowest BCUT2D eigenvalue weighted by molar-refractivity contribution is 0.0995. The summed E-state index contributed by atoms with van der Waals surface area (Å²) < 4.78 is 5.67. The highest BCUT2D eigenvalue weighted by Crippen LogP contribution is 2.25. The number of thioether (sulfide) groups is 1. The maximum absolute atomic E-state index is 12.5. The van der Waals surface area contributed by atoms with Gasteiger partial charge in [0.2, 0.25) is 0 Å². The van der Waals surface area contributed by atoms with E-state index in [0.29, 0.717) is 21.8 Å². The lowest BCUT2D eigenvalue weighted by Crippen LogP contribution is -2.10. The molecule has 0 saturated heterocycles. The van der Waals surface area contributed by atoms with E-state index in [4.69, 9.17) is 4.42 Å². The van der Waals surface area contributed by atoms with E-state index in [1.165, 1.54) is 23.1 Å². The predicted molar refractivity (Wildman–Crippen MR) is 113 cm³/mol. The van der Waals surface area contributed by atoms with Crippen molar-refractivity contribution in [3.8, 4) is 11.3 Å². The molecule has 4 rings (SSSR count). The summed E-state index contributed by atoms with van der Waals surface area (Å²) in [6.45, 7) is 3.87. The number of furan rings is 1. The lowest BCUT2D eigenvalue weighted by Gasteiger charge is -2.01. The summed E-state index contributed by atoms with van der Waals surface area (Å²) in [5.41, 5.74) is 3.59. The molecule has 0 bridgehead atoms. The first-order valence-electron chi connectivity index (χ1n) is 8.78. The Morgan fingerprint density at radius 3 is 2.62 bits per heavy atom. The number of anilines is 1. The average Bonchev–Trinajstić information content (AvgIpc) is 3.36. The average molecular weight is 424 g/mol. The minimum atomic E-state index is -0.334. The van der Waals surface area contributed by atoms with Gasteiger partial charge in [-0.25, -0.2) is 15.0 Å². The molecule has 146 valence electrons. The Kier molecular flexibility index (Phi) is 5.68. The molecule has 1 N–H and O–H groups in total. The number of nitrogens with zero attached hydrogens (tertiary/aromatic N) is 4. The molecule has 0 aliphatic rings. The van der Waals surface area contributed by atoms with E-state index in [1.807, 2.05) is 37.4 Å². The van der Waals surface area contributed by atoms with E-state index >= 15 is 0 Å². The predicted octanol–water partition coefficient (Wildman–Crippen LogP) is 4.75. The number of nitrogens with one attached hydrogen (secondary N) is 1. The van der Waals surface area contributed by atoms with Crippen LogP contribution in [0.15, 0.2) is 57.7 Å². The number of rotatable bonds is 6. The molecule has 0 spiro atoms. The number of amides is 1. The molecule has 0 unspecified atom stereocenters. The Balaban J connectivity index is 1.38. The number of aryl methyl sites for hydroxylation is 2. The first-order chi connectivity index (χ1) is 14.1. The molecule has 0 aliphatic heterocycles. The van der Waals surface area contributed by atoms with E-state index in [0.717, 1.165) is 22.6 Å². The maximum atomic E-state index is 12.5. The van der Waals surface area contributed by atoms with Crippen LogP contribution in [0.1, 0.15) is 27.7 Å². The normalized spacial score (nSPS) is 10.8. The van der Waals surface area contributed by atoms with E-state index < -0.39 is 0 Å². The van der Waals surface area contributed by atoms with Gasteiger partial charge in [0.25, 0.3) is 5.91 Å². The molecule has 9 heteroatoms. The van der Waals surface area contributed by atoms with Crippen molar-refractivity contribution in [3.63, 3.8) is 0 Å². The molecule has 0 aromatic carbocycles. The maximum Gasteiger partial charge on any atom is 0.293 e.